The molecule has 1 saturated heterocycles. The van der Waals surface area contributed by atoms with E-state index in [4.69, 9.17) is 4.74 Å². The Hall–Kier alpha value is -1.80. The fourth-order valence-corrected chi connectivity index (χ4v) is 2.06. The van der Waals surface area contributed by atoms with Crippen molar-refractivity contribution >= 4 is 11.6 Å². The molecular formula is C11H16N4O4. The first-order valence-electron chi connectivity index (χ1n) is 6.07. The van der Waals surface area contributed by atoms with Crippen LogP contribution in [0, 0.1) is 10.1 Å². The number of aromatic nitrogens is 2. The lowest BCUT2D eigenvalue weighted by Crippen LogP contribution is -2.47. The molecule has 19 heavy (non-hydrogen) atoms. The van der Waals surface area contributed by atoms with Gasteiger partial charge in [-0.3, -0.25) is 10.1 Å². The molecule has 0 amide bonds. The Morgan fingerprint density at radius 3 is 2.89 bits per heavy atom. The molecule has 0 spiro atoms. The van der Waals surface area contributed by atoms with E-state index in [0.29, 0.717) is 32.1 Å². The van der Waals surface area contributed by atoms with Crippen LogP contribution in [0.3, 0.4) is 0 Å². The molecule has 1 aromatic heterocycles. The summed E-state index contributed by atoms with van der Waals surface area (Å²) in [5.74, 6) is 0.430. The molecule has 1 aromatic rings. The summed E-state index contributed by atoms with van der Waals surface area (Å²) >= 11 is 0. The summed E-state index contributed by atoms with van der Waals surface area (Å²) in [5.41, 5.74) is -0.135. The Labute approximate surface area is 110 Å². The molecule has 8 heteroatoms. The number of aliphatic hydroxyl groups is 1. The molecule has 1 N–H and O–H groups in total. The molecule has 1 fully saturated rings. The SMILES string of the molecule is CC(O)CC1COCCN1c1ncc([N+](=O)[O-])cn1. The first-order valence-corrected chi connectivity index (χ1v) is 6.07. The van der Waals surface area contributed by atoms with Gasteiger partial charge in [0.15, 0.2) is 0 Å². The topological polar surface area (TPSA) is 102 Å². The molecule has 104 valence electrons. The van der Waals surface area contributed by atoms with Crippen molar-refractivity contribution in [2.75, 3.05) is 24.7 Å². The van der Waals surface area contributed by atoms with Crippen molar-refractivity contribution in [1.82, 2.24) is 9.97 Å². The summed E-state index contributed by atoms with van der Waals surface area (Å²) in [6.45, 7) is 3.36. The molecule has 8 nitrogen and oxygen atoms in total. The van der Waals surface area contributed by atoms with Crippen molar-refractivity contribution in [1.29, 1.82) is 0 Å². The number of hydrogen-bond donors (Lipinski definition) is 1. The van der Waals surface area contributed by atoms with Gasteiger partial charge in [0.25, 0.3) is 0 Å². The fourth-order valence-electron chi connectivity index (χ4n) is 2.06. The maximum Gasteiger partial charge on any atom is 0.305 e. The van der Waals surface area contributed by atoms with Crippen LogP contribution in [-0.2, 0) is 4.74 Å². The lowest BCUT2D eigenvalue weighted by atomic mass is 10.1. The van der Waals surface area contributed by atoms with E-state index in [1.165, 1.54) is 12.4 Å². The summed E-state index contributed by atoms with van der Waals surface area (Å²) in [4.78, 5) is 20.0. The first kappa shape index (κ1) is 13.6. The predicted molar refractivity (Wildman–Crippen MR) is 66.9 cm³/mol. The molecule has 0 radical (unpaired) electrons. The summed E-state index contributed by atoms with van der Waals surface area (Å²) in [5, 5.41) is 20.0. The van der Waals surface area contributed by atoms with Crippen molar-refractivity contribution in [3.8, 4) is 0 Å². The van der Waals surface area contributed by atoms with Gasteiger partial charge >= 0.3 is 5.69 Å². The number of aliphatic hydroxyl groups excluding tert-OH is 1. The summed E-state index contributed by atoms with van der Waals surface area (Å²) < 4.78 is 5.38. The zero-order chi connectivity index (χ0) is 13.8. The summed E-state index contributed by atoms with van der Waals surface area (Å²) in [6.07, 6.45) is 2.47. The van der Waals surface area contributed by atoms with Crippen LogP contribution < -0.4 is 4.90 Å². The van der Waals surface area contributed by atoms with E-state index >= 15 is 0 Å². The van der Waals surface area contributed by atoms with Gasteiger partial charge in [-0.2, -0.15) is 0 Å². The third kappa shape index (κ3) is 3.36. The third-order valence-electron chi connectivity index (χ3n) is 2.93. The Bertz CT molecular complexity index is 437. The number of hydrogen-bond acceptors (Lipinski definition) is 7. The van der Waals surface area contributed by atoms with Gasteiger partial charge in [0.1, 0.15) is 12.4 Å². The monoisotopic (exact) mass is 268 g/mol. The average Bonchev–Trinajstić information content (AvgIpc) is 2.39. The van der Waals surface area contributed by atoms with E-state index in [9.17, 15) is 15.2 Å². The van der Waals surface area contributed by atoms with E-state index in [2.05, 4.69) is 9.97 Å². The number of anilines is 1. The van der Waals surface area contributed by atoms with Crippen LogP contribution >= 0.6 is 0 Å². The molecule has 1 aliphatic heterocycles. The van der Waals surface area contributed by atoms with E-state index in [0.717, 1.165) is 0 Å². The van der Waals surface area contributed by atoms with Crippen molar-refractivity contribution < 1.29 is 14.8 Å². The van der Waals surface area contributed by atoms with Crippen LogP contribution in [0.25, 0.3) is 0 Å². The molecule has 1 aliphatic rings. The maximum absolute atomic E-state index is 10.6. The predicted octanol–water partition coefficient (Wildman–Crippen LogP) is 0.361. The largest absolute Gasteiger partial charge is 0.393 e. The van der Waals surface area contributed by atoms with Gasteiger partial charge in [0.05, 0.1) is 30.3 Å². The van der Waals surface area contributed by atoms with Gasteiger partial charge < -0.3 is 14.7 Å². The second-order valence-electron chi connectivity index (χ2n) is 4.51. The smallest absolute Gasteiger partial charge is 0.305 e. The number of ether oxygens (including phenoxy) is 1. The molecule has 0 aliphatic carbocycles. The van der Waals surface area contributed by atoms with E-state index in [-0.39, 0.29) is 11.7 Å². The molecule has 2 rings (SSSR count). The standard InChI is InChI=1S/C11H16N4O4/c1-8(16)4-9-7-19-3-2-14(9)11-12-5-10(6-13-11)15(17)18/h5-6,8-9,16H,2-4,7H2,1H3. The number of nitro groups is 1. The second-order valence-corrected chi connectivity index (χ2v) is 4.51. The Balaban J connectivity index is 2.15. The van der Waals surface area contributed by atoms with Crippen LogP contribution in [0.2, 0.25) is 0 Å². The number of nitrogens with zero attached hydrogens (tertiary/aromatic N) is 4. The quantitative estimate of drug-likeness (QED) is 0.621. The van der Waals surface area contributed by atoms with Gasteiger partial charge in [-0.15, -0.1) is 0 Å². The lowest BCUT2D eigenvalue weighted by Gasteiger charge is -2.36. The third-order valence-corrected chi connectivity index (χ3v) is 2.93. The highest BCUT2D eigenvalue weighted by molar-refractivity contribution is 5.35. The highest BCUT2D eigenvalue weighted by Crippen LogP contribution is 2.19. The van der Waals surface area contributed by atoms with Gasteiger partial charge in [-0.1, -0.05) is 0 Å². The number of rotatable bonds is 4. The highest BCUT2D eigenvalue weighted by atomic mass is 16.6. The van der Waals surface area contributed by atoms with E-state index in [1.54, 1.807) is 6.92 Å². The van der Waals surface area contributed by atoms with E-state index in [1.807, 2.05) is 4.90 Å². The second kappa shape index (κ2) is 5.89. The summed E-state index contributed by atoms with van der Waals surface area (Å²) in [6, 6.07) is -0.0183. The van der Waals surface area contributed by atoms with Crippen molar-refractivity contribution in [2.45, 2.75) is 25.5 Å². The normalized spacial score (nSPS) is 21.2. The Morgan fingerprint density at radius 1 is 1.63 bits per heavy atom. The van der Waals surface area contributed by atoms with E-state index < -0.39 is 11.0 Å². The van der Waals surface area contributed by atoms with Gasteiger partial charge in [-0.25, -0.2) is 9.97 Å². The Kier molecular flexibility index (Phi) is 4.23. The van der Waals surface area contributed by atoms with Crippen LogP contribution in [0.5, 0.6) is 0 Å². The molecule has 2 unspecified atom stereocenters. The maximum atomic E-state index is 10.6. The summed E-state index contributed by atoms with van der Waals surface area (Å²) in [7, 11) is 0. The van der Waals surface area contributed by atoms with Crippen molar-refractivity contribution in [3.63, 3.8) is 0 Å². The Morgan fingerprint density at radius 2 is 2.32 bits per heavy atom. The average molecular weight is 268 g/mol. The molecular weight excluding hydrogens is 252 g/mol. The number of morpholine rings is 1. The first-order chi connectivity index (χ1) is 9.08. The fraction of sp³-hybridized carbons (Fsp3) is 0.636. The molecule has 0 saturated carbocycles. The van der Waals surface area contributed by atoms with Crippen molar-refractivity contribution in [2.24, 2.45) is 0 Å². The van der Waals surface area contributed by atoms with Crippen LogP contribution in [0.1, 0.15) is 13.3 Å². The zero-order valence-electron chi connectivity index (χ0n) is 10.6. The molecule has 2 heterocycles. The lowest BCUT2D eigenvalue weighted by molar-refractivity contribution is -0.385. The van der Waals surface area contributed by atoms with Crippen LogP contribution in [0.15, 0.2) is 12.4 Å². The van der Waals surface area contributed by atoms with Gasteiger partial charge in [-0.05, 0) is 13.3 Å². The van der Waals surface area contributed by atoms with Crippen molar-refractivity contribution in [3.05, 3.63) is 22.5 Å². The van der Waals surface area contributed by atoms with Gasteiger partial charge in [0.2, 0.25) is 5.95 Å². The highest BCUT2D eigenvalue weighted by Gasteiger charge is 2.26. The van der Waals surface area contributed by atoms with Crippen LogP contribution in [0.4, 0.5) is 11.6 Å². The molecule has 0 aromatic carbocycles. The molecule has 2 atom stereocenters. The van der Waals surface area contributed by atoms with Gasteiger partial charge in [0, 0.05) is 6.54 Å². The minimum absolute atomic E-state index is 0.0183. The van der Waals surface area contributed by atoms with Crippen LogP contribution in [-0.4, -0.2) is 51.9 Å². The minimum Gasteiger partial charge on any atom is -0.393 e. The zero-order valence-corrected chi connectivity index (χ0v) is 10.6. The minimum atomic E-state index is -0.531. The molecule has 0 bridgehead atoms.